The second kappa shape index (κ2) is 8.59. The van der Waals surface area contributed by atoms with Gasteiger partial charge in [-0.2, -0.15) is 0 Å². The predicted octanol–water partition coefficient (Wildman–Crippen LogP) is 2.85. The number of benzene rings is 2. The number of hydrogen-bond donors (Lipinski definition) is 0. The Kier molecular flexibility index (Phi) is 5.59. The summed E-state index contributed by atoms with van der Waals surface area (Å²) in [6, 6.07) is 14.0. The van der Waals surface area contributed by atoms with Crippen molar-refractivity contribution in [3.63, 3.8) is 0 Å². The van der Waals surface area contributed by atoms with E-state index in [-0.39, 0.29) is 30.6 Å². The number of anilines is 1. The van der Waals surface area contributed by atoms with Crippen molar-refractivity contribution in [3.05, 3.63) is 59.7 Å². The van der Waals surface area contributed by atoms with Gasteiger partial charge in [-0.05, 0) is 24.3 Å². The van der Waals surface area contributed by atoms with Crippen LogP contribution in [0.1, 0.15) is 46.4 Å². The fraction of sp³-hybridized carbons (Fsp3) is 0.385. The average Bonchev–Trinajstić information content (AvgIpc) is 3.25. The molecular formula is C26H26N2O6. The lowest BCUT2D eigenvalue weighted by atomic mass is 9.82. The first-order chi connectivity index (χ1) is 16.4. The SMILES string of the molecule is COC(=O)c1ccccc1N1CC(C(=O)N2CCC3(CC2)CC(=O)c2ccccc2O3)CC1=O. The maximum atomic E-state index is 13.3. The molecule has 2 amide bonds. The van der Waals surface area contributed by atoms with Gasteiger partial charge in [0.15, 0.2) is 5.78 Å². The van der Waals surface area contributed by atoms with Crippen LogP contribution in [0.25, 0.3) is 0 Å². The first kappa shape index (κ1) is 22.1. The summed E-state index contributed by atoms with van der Waals surface area (Å²) < 4.78 is 11.1. The van der Waals surface area contributed by atoms with Gasteiger partial charge in [-0.3, -0.25) is 14.4 Å². The van der Waals surface area contributed by atoms with Gasteiger partial charge < -0.3 is 19.3 Å². The van der Waals surface area contributed by atoms with Crippen LogP contribution < -0.4 is 9.64 Å². The Morgan fingerprint density at radius 3 is 2.50 bits per heavy atom. The largest absolute Gasteiger partial charge is 0.486 e. The van der Waals surface area contributed by atoms with Crippen molar-refractivity contribution in [2.24, 2.45) is 5.92 Å². The second-order valence-corrected chi connectivity index (χ2v) is 9.12. The Bertz CT molecular complexity index is 1170. The monoisotopic (exact) mass is 462 g/mol. The number of piperidine rings is 1. The van der Waals surface area contributed by atoms with E-state index >= 15 is 0 Å². The smallest absolute Gasteiger partial charge is 0.339 e. The molecule has 0 aliphatic carbocycles. The number of amides is 2. The molecule has 2 fully saturated rings. The highest BCUT2D eigenvalue weighted by Crippen LogP contribution is 2.40. The van der Waals surface area contributed by atoms with E-state index in [2.05, 4.69) is 0 Å². The van der Waals surface area contributed by atoms with Gasteiger partial charge >= 0.3 is 5.97 Å². The molecule has 5 rings (SSSR count). The maximum Gasteiger partial charge on any atom is 0.339 e. The van der Waals surface area contributed by atoms with Crippen LogP contribution in [0.2, 0.25) is 0 Å². The Hall–Kier alpha value is -3.68. The molecule has 2 aromatic rings. The molecule has 3 aliphatic heterocycles. The van der Waals surface area contributed by atoms with Crippen molar-refractivity contribution in [3.8, 4) is 5.75 Å². The molecule has 0 radical (unpaired) electrons. The fourth-order valence-electron chi connectivity index (χ4n) is 5.21. The van der Waals surface area contributed by atoms with Crippen LogP contribution in [0.3, 0.4) is 0 Å². The lowest BCUT2D eigenvalue weighted by molar-refractivity contribution is -0.139. The third kappa shape index (κ3) is 3.83. The summed E-state index contributed by atoms with van der Waals surface area (Å²) in [5.41, 5.74) is 0.786. The van der Waals surface area contributed by atoms with Crippen LogP contribution in [-0.4, -0.2) is 60.8 Å². The summed E-state index contributed by atoms with van der Waals surface area (Å²) in [4.78, 5) is 54.1. The van der Waals surface area contributed by atoms with Crippen LogP contribution >= 0.6 is 0 Å². The zero-order valence-corrected chi connectivity index (χ0v) is 19.0. The molecule has 176 valence electrons. The standard InChI is InChI=1S/C26H26N2O6/c1-33-25(32)18-6-2-4-8-20(18)28-16-17(14-23(28)30)24(31)27-12-10-26(11-13-27)15-21(29)19-7-3-5-9-22(19)34-26/h2-9,17H,10-16H2,1H3. The minimum absolute atomic E-state index is 0.0722. The highest BCUT2D eigenvalue weighted by molar-refractivity contribution is 6.05. The number of fused-ring (bicyclic) bond motifs is 1. The van der Waals surface area contributed by atoms with Gasteiger partial charge in [0, 0.05) is 38.9 Å². The average molecular weight is 463 g/mol. The molecule has 2 aromatic carbocycles. The van der Waals surface area contributed by atoms with Gasteiger partial charge in [0.05, 0.1) is 36.3 Å². The Balaban J connectivity index is 1.26. The van der Waals surface area contributed by atoms with E-state index < -0.39 is 17.5 Å². The number of rotatable bonds is 3. The summed E-state index contributed by atoms with van der Waals surface area (Å²) in [6.07, 6.45) is 1.53. The number of hydrogen-bond acceptors (Lipinski definition) is 6. The minimum Gasteiger partial charge on any atom is -0.486 e. The van der Waals surface area contributed by atoms with E-state index in [1.807, 2.05) is 18.2 Å². The molecule has 2 saturated heterocycles. The molecule has 8 nitrogen and oxygen atoms in total. The molecule has 3 heterocycles. The quantitative estimate of drug-likeness (QED) is 0.652. The van der Waals surface area contributed by atoms with Crippen LogP contribution in [-0.2, 0) is 14.3 Å². The second-order valence-electron chi connectivity index (χ2n) is 9.12. The molecule has 8 heteroatoms. The number of esters is 1. The van der Waals surface area contributed by atoms with Gasteiger partial charge in [-0.1, -0.05) is 24.3 Å². The topological polar surface area (TPSA) is 93.2 Å². The van der Waals surface area contributed by atoms with Crippen LogP contribution in [0.15, 0.2) is 48.5 Å². The summed E-state index contributed by atoms with van der Waals surface area (Å²) in [7, 11) is 1.29. The van der Waals surface area contributed by atoms with Crippen molar-refractivity contribution in [1.82, 2.24) is 4.90 Å². The lowest BCUT2D eigenvalue weighted by Crippen LogP contribution is -2.53. The highest BCUT2D eigenvalue weighted by atomic mass is 16.5. The molecule has 3 aliphatic rings. The zero-order chi connectivity index (χ0) is 23.9. The first-order valence-corrected chi connectivity index (χ1v) is 11.5. The number of likely N-dealkylation sites (tertiary alicyclic amines) is 1. The molecule has 1 atom stereocenters. The summed E-state index contributed by atoms with van der Waals surface area (Å²) in [6.45, 7) is 1.16. The summed E-state index contributed by atoms with van der Waals surface area (Å²) >= 11 is 0. The maximum absolute atomic E-state index is 13.3. The van der Waals surface area contributed by atoms with Crippen LogP contribution in [0.4, 0.5) is 5.69 Å². The van der Waals surface area contributed by atoms with Crippen LogP contribution in [0.5, 0.6) is 5.75 Å². The molecule has 1 unspecified atom stereocenters. The summed E-state index contributed by atoms with van der Waals surface area (Å²) in [5.74, 6) is -0.600. The van der Waals surface area contributed by atoms with E-state index in [1.54, 1.807) is 35.2 Å². The minimum atomic E-state index is -0.584. The Morgan fingerprint density at radius 2 is 1.74 bits per heavy atom. The van der Waals surface area contributed by atoms with Gasteiger partial charge in [0.25, 0.3) is 0 Å². The molecule has 0 bridgehead atoms. The van der Waals surface area contributed by atoms with Crippen molar-refractivity contribution >= 4 is 29.3 Å². The van der Waals surface area contributed by atoms with Gasteiger partial charge in [0.1, 0.15) is 11.4 Å². The Labute approximate surface area is 197 Å². The molecule has 0 aromatic heterocycles. The summed E-state index contributed by atoms with van der Waals surface area (Å²) in [5, 5.41) is 0. The van der Waals surface area contributed by atoms with Crippen molar-refractivity contribution in [1.29, 1.82) is 0 Å². The number of ether oxygens (including phenoxy) is 2. The van der Waals surface area contributed by atoms with Gasteiger partial charge in [0.2, 0.25) is 11.8 Å². The highest BCUT2D eigenvalue weighted by Gasteiger charge is 2.45. The normalized spacial score (nSPS) is 21.3. The number of nitrogens with zero attached hydrogens (tertiary/aromatic N) is 2. The predicted molar refractivity (Wildman–Crippen MR) is 123 cm³/mol. The molecule has 0 N–H and O–H groups in total. The van der Waals surface area contributed by atoms with E-state index in [9.17, 15) is 19.2 Å². The van der Waals surface area contributed by atoms with Crippen LogP contribution in [0, 0.1) is 5.92 Å². The number of ketones is 1. The number of Topliss-reactive ketones (excluding diaryl/α,β-unsaturated/α-hetero) is 1. The van der Waals surface area contributed by atoms with E-state index in [0.29, 0.717) is 54.9 Å². The third-order valence-electron chi connectivity index (χ3n) is 7.06. The van der Waals surface area contributed by atoms with Gasteiger partial charge in [-0.15, -0.1) is 0 Å². The molecule has 1 spiro atoms. The third-order valence-corrected chi connectivity index (χ3v) is 7.06. The van der Waals surface area contributed by atoms with E-state index in [4.69, 9.17) is 9.47 Å². The number of carbonyl (C=O) groups excluding carboxylic acids is 4. The number of methoxy groups -OCH3 is 1. The number of carbonyl (C=O) groups is 4. The van der Waals surface area contributed by atoms with E-state index in [0.717, 1.165) is 0 Å². The van der Waals surface area contributed by atoms with Crippen molar-refractivity contribution < 1.29 is 28.7 Å². The van der Waals surface area contributed by atoms with E-state index in [1.165, 1.54) is 12.0 Å². The van der Waals surface area contributed by atoms with Gasteiger partial charge in [-0.25, -0.2) is 4.79 Å². The molecule has 0 saturated carbocycles. The zero-order valence-electron chi connectivity index (χ0n) is 19.0. The Morgan fingerprint density at radius 1 is 1.03 bits per heavy atom. The first-order valence-electron chi connectivity index (χ1n) is 11.5. The number of para-hydroxylation sites is 2. The molecular weight excluding hydrogens is 436 g/mol. The van der Waals surface area contributed by atoms with Crippen molar-refractivity contribution in [2.75, 3.05) is 31.6 Å². The lowest BCUT2D eigenvalue weighted by Gasteiger charge is -2.44. The molecule has 34 heavy (non-hydrogen) atoms. The van der Waals surface area contributed by atoms with Crippen molar-refractivity contribution in [2.45, 2.75) is 31.3 Å². The fourth-order valence-corrected chi connectivity index (χ4v) is 5.21.